The van der Waals surface area contributed by atoms with Crippen LogP contribution >= 0.6 is 0 Å². The molecule has 1 atom stereocenters. The molecule has 0 aliphatic carbocycles. The summed E-state index contributed by atoms with van der Waals surface area (Å²) < 4.78 is 5.76. The Labute approximate surface area is 165 Å². The SMILES string of the molecule is Cc1ccc(OCc2cccc(C(=O)N3CCCC(CCC(=O)O)C3)c2)cn1. The Hall–Kier alpha value is -2.89. The number of hydrogen-bond donors (Lipinski definition) is 1. The number of carbonyl (C=O) groups excluding carboxylic acids is 1. The number of pyridine rings is 1. The van der Waals surface area contributed by atoms with Crippen LogP contribution in [0.1, 0.15) is 47.3 Å². The highest BCUT2D eigenvalue weighted by atomic mass is 16.5. The Morgan fingerprint density at radius 3 is 2.89 bits per heavy atom. The molecule has 1 aliphatic heterocycles. The van der Waals surface area contributed by atoms with Gasteiger partial charge in [0.1, 0.15) is 12.4 Å². The summed E-state index contributed by atoms with van der Waals surface area (Å²) in [4.78, 5) is 29.8. The molecule has 6 nitrogen and oxygen atoms in total. The molecule has 0 bridgehead atoms. The molecule has 1 amide bonds. The van der Waals surface area contributed by atoms with Crippen LogP contribution in [0.4, 0.5) is 0 Å². The quantitative estimate of drug-likeness (QED) is 0.790. The second kappa shape index (κ2) is 9.35. The van der Waals surface area contributed by atoms with Crippen LogP contribution in [0.3, 0.4) is 0 Å². The van der Waals surface area contributed by atoms with Crippen molar-refractivity contribution in [2.24, 2.45) is 5.92 Å². The monoisotopic (exact) mass is 382 g/mol. The van der Waals surface area contributed by atoms with E-state index in [1.807, 2.05) is 48.2 Å². The van der Waals surface area contributed by atoms with Gasteiger partial charge < -0.3 is 14.7 Å². The predicted molar refractivity (Wildman–Crippen MR) is 105 cm³/mol. The van der Waals surface area contributed by atoms with E-state index in [1.165, 1.54) is 0 Å². The molecule has 28 heavy (non-hydrogen) atoms. The largest absolute Gasteiger partial charge is 0.487 e. The van der Waals surface area contributed by atoms with Gasteiger partial charge in [-0.3, -0.25) is 14.6 Å². The number of carboxylic acids is 1. The van der Waals surface area contributed by atoms with Crippen LogP contribution in [0.15, 0.2) is 42.6 Å². The van der Waals surface area contributed by atoms with Gasteiger partial charge in [0, 0.05) is 30.8 Å². The lowest BCUT2D eigenvalue weighted by Crippen LogP contribution is -2.40. The van der Waals surface area contributed by atoms with Gasteiger partial charge in [-0.05, 0) is 61.9 Å². The van der Waals surface area contributed by atoms with Gasteiger partial charge in [-0.1, -0.05) is 12.1 Å². The number of piperidine rings is 1. The Balaban J connectivity index is 1.59. The standard InChI is InChI=1S/C22H26N2O4/c1-16-7-9-20(13-23-16)28-15-18-4-2-6-19(12-18)22(27)24-11-3-5-17(14-24)8-10-21(25)26/h2,4,6-7,9,12-13,17H,3,5,8,10-11,14-15H2,1H3,(H,25,26). The lowest BCUT2D eigenvalue weighted by atomic mass is 9.93. The lowest BCUT2D eigenvalue weighted by Gasteiger charge is -2.32. The van der Waals surface area contributed by atoms with Crippen molar-refractivity contribution in [1.29, 1.82) is 0 Å². The summed E-state index contributed by atoms with van der Waals surface area (Å²) >= 11 is 0. The van der Waals surface area contributed by atoms with Gasteiger partial charge in [0.05, 0.1) is 6.20 Å². The number of likely N-dealkylation sites (tertiary alicyclic amines) is 1. The number of carboxylic acid groups (broad SMARTS) is 1. The molecule has 148 valence electrons. The molecule has 3 rings (SSSR count). The van der Waals surface area contributed by atoms with Crippen LogP contribution in [-0.4, -0.2) is 40.0 Å². The first-order valence-electron chi connectivity index (χ1n) is 9.67. The fraction of sp³-hybridized carbons (Fsp3) is 0.409. The maximum absolute atomic E-state index is 12.9. The summed E-state index contributed by atoms with van der Waals surface area (Å²) in [5.74, 6) is 0.174. The summed E-state index contributed by atoms with van der Waals surface area (Å²) in [7, 11) is 0. The third-order valence-corrected chi connectivity index (χ3v) is 5.04. The van der Waals surface area contributed by atoms with Gasteiger partial charge in [0.25, 0.3) is 5.91 Å². The van der Waals surface area contributed by atoms with E-state index in [0.29, 0.717) is 30.9 Å². The summed E-state index contributed by atoms with van der Waals surface area (Å²) in [6.07, 6.45) is 4.37. The van der Waals surface area contributed by atoms with E-state index in [2.05, 4.69) is 4.98 Å². The number of hydrogen-bond acceptors (Lipinski definition) is 4. The molecule has 1 aromatic heterocycles. The molecule has 1 aliphatic rings. The van der Waals surface area contributed by atoms with Gasteiger partial charge in [0.15, 0.2) is 0 Å². The topological polar surface area (TPSA) is 79.7 Å². The van der Waals surface area contributed by atoms with Crippen molar-refractivity contribution in [2.75, 3.05) is 13.1 Å². The number of rotatable bonds is 7. The molecular formula is C22H26N2O4. The zero-order chi connectivity index (χ0) is 19.9. The Morgan fingerprint density at radius 2 is 2.14 bits per heavy atom. The van der Waals surface area contributed by atoms with Crippen LogP contribution in [0.5, 0.6) is 5.75 Å². The van der Waals surface area contributed by atoms with Crippen molar-refractivity contribution in [3.63, 3.8) is 0 Å². The van der Waals surface area contributed by atoms with Crippen LogP contribution < -0.4 is 4.74 Å². The second-order valence-electron chi connectivity index (χ2n) is 7.32. The molecule has 1 saturated heterocycles. The first-order chi connectivity index (χ1) is 13.5. The zero-order valence-electron chi connectivity index (χ0n) is 16.1. The molecule has 0 saturated carbocycles. The molecule has 2 aromatic rings. The highest BCUT2D eigenvalue weighted by Gasteiger charge is 2.25. The van der Waals surface area contributed by atoms with E-state index >= 15 is 0 Å². The fourth-order valence-corrected chi connectivity index (χ4v) is 3.50. The number of aliphatic carboxylic acids is 1. The number of nitrogens with zero attached hydrogens (tertiary/aromatic N) is 2. The lowest BCUT2D eigenvalue weighted by molar-refractivity contribution is -0.137. The minimum Gasteiger partial charge on any atom is -0.487 e. The van der Waals surface area contributed by atoms with E-state index in [4.69, 9.17) is 9.84 Å². The van der Waals surface area contributed by atoms with Crippen LogP contribution in [-0.2, 0) is 11.4 Å². The van der Waals surface area contributed by atoms with Crippen molar-refractivity contribution in [3.8, 4) is 5.75 Å². The van der Waals surface area contributed by atoms with E-state index in [0.717, 1.165) is 30.6 Å². The summed E-state index contributed by atoms with van der Waals surface area (Å²) in [5, 5.41) is 8.88. The highest BCUT2D eigenvalue weighted by Crippen LogP contribution is 2.23. The van der Waals surface area contributed by atoms with Gasteiger partial charge in [-0.25, -0.2) is 0 Å². The van der Waals surface area contributed by atoms with Crippen LogP contribution in [0.25, 0.3) is 0 Å². The average Bonchev–Trinajstić information content (AvgIpc) is 2.72. The Bertz CT molecular complexity index is 820. The van der Waals surface area contributed by atoms with Crippen molar-refractivity contribution in [3.05, 3.63) is 59.4 Å². The molecule has 2 heterocycles. The first kappa shape index (κ1) is 19.9. The van der Waals surface area contributed by atoms with Gasteiger partial charge >= 0.3 is 5.97 Å². The number of aryl methyl sites for hydroxylation is 1. The second-order valence-corrected chi connectivity index (χ2v) is 7.32. The summed E-state index contributed by atoms with van der Waals surface area (Å²) in [6, 6.07) is 11.3. The Morgan fingerprint density at radius 1 is 1.29 bits per heavy atom. The number of benzene rings is 1. The van der Waals surface area contributed by atoms with Crippen molar-refractivity contribution in [1.82, 2.24) is 9.88 Å². The summed E-state index contributed by atoms with van der Waals surface area (Å²) in [5.41, 5.74) is 2.50. The molecule has 6 heteroatoms. The Kier molecular flexibility index (Phi) is 6.63. The first-order valence-corrected chi connectivity index (χ1v) is 9.67. The third-order valence-electron chi connectivity index (χ3n) is 5.04. The summed E-state index contributed by atoms with van der Waals surface area (Å²) in [6.45, 7) is 3.64. The molecule has 1 unspecified atom stereocenters. The maximum atomic E-state index is 12.9. The normalized spacial score (nSPS) is 16.6. The van der Waals surface area contributed by atoms with E-state index in [9.17, 15) is 9.59 Å². The van der Waals surface area contributed by atoms with Crippen molar-refractivity contribution in [2.45, 2.75) is 39.2 Å². The fourth-order valence-electron chi connectivity index (χ4n) is 3.50. The minimum absolute atomic E-state index is 0.00104. The van der Waals surface area contributed by atoms with E-state index < -0.39 is 5.97 Å². The average molecular weight is 382 g/mol. The molecule has 0 radical (unpaired) electrons. The maximum Gasteiger partial charge on any atom is 0.303 e. The molecular weight excluding hydrogens is 356 g/mol. The van der Waals surface area contributed by atoms with E-state index in [-0.39, 0.29) is 18.2 Å². The molecule has 1 fully saturated rings. The van der Waals surface area contributed by atoms with Crippen LogP contribution in [0.2, 0.25) is 0 Å². The van der Waals surface area contributed by atoms with Gasteiger partial charge in [0.2, 0.25) is 0 Å². The number of ether oxygens (including phenoxy) is 1. The molecule has 0 spiro atoms. The smallest absolute Gasteiger partial charge is 0.303 e. The third kappa shape index (κ3) is 5.55. The van der Waals surface area contributed by atoms with Crippen LogP contribution in [0, 0.1) is 12.8 Å². The van der Waals surface area contributed by atoms with Crippen molar-refractivity contribution < 1.29 is 19.4 Å². The molecule has 1 N–H and O–H groups in total. The molecule has 1 aromatic carbocycles. The van der Waals surface area contributed by atoms with E-state index in [1.54, 1.807) is 6.20 Å². The van der Waals surface area contributed by atoms with Crippen molar-refractivity contribution >= 4 is 11.9 Å². The minimum atomic E-state index is -0.778. The van der Waals surface area contributed by atoms with Gasteiger partial charge in [-0.15, -0.1) is 0 Å². The number of amides is 1. The zero-order valence-corrected chi connectivity index (χ0v) is 16.1. The number of carbonyl (C=O) groups is 2. The number of aromatic nitrogens is 1. The highest BCUT2D eigenvalue weighted by molar-refractivity contribution is 5.94. The predicted octanol–water partition coefficient (Wildman–Crippen LogP) is 3.69. The van der Waals surface area contributed by atoms with Gasteiger partial charge in [-0.2, -0.15) is 0 Å².